The molecule has 0 saturated carbocycles. The molecule has 2 heterocycles. The van der Waals surface area contributed by atoms with E-state index in [9.17, 15) is 4.79 Å². The van der Waals surface area contributed by atoms with Crippen LogP contribution >= 0.6 is 11.3 Å². The lowest BCUT2D eigenvalue weighted by molar-refractivity contribution is 0.0920. The number of aryl methyl sites for hydroxylation is 1. The van der Waals surface area contributed by atoms with E-state index < -0.39 is 0 Å². The predicted octanol–water partition coefficient (Wildman–Crippen LogP) is 4.67. The van der Waals surface area contributed by atoms with E-state index >= 15 is 0 Å². The van der Waals surface area contributed by atoms with Gasteiger partial charge in [0.05, 0.1) is 16.8 Å². The van der Waals surface area contributed by atoms with Gasteiger partial charge in [-0.25, -0.2) is 4.98 Å². The minimum absolute atomic E-state index is 0.264. The molecule has 0 saturated heterocycles. The third-order valence-electron chi connectivity index (χ3n) is 4.01. The molecular formula is C21H18N2O3S. The predicted molar refractivity (Wildman–Crippen MR) is 106 cm³/mol. The Morgan fingerprint density at radius 1 is 1.11 bits per heavy atom. The Morgan fingerprint density at radius 3 is 2.74 bits per heavy atom. The Balaban J connectivity index is 1.33. The van der Waals surface area contributed by atoms with E-state index in [4.69, 9.17) is 9.15 Å². The van der Waals surface area contributed by atoms with Crippen molar-refractivity contribution in [2.45, 2.75) is 6.92 Å². The Hall–Kier alpha value is -3.12. The van der Waals surface area contributed by atoms with Gasteiger partial charge in [-0.05, 0) is 43.3 Å². The second-order valence-electron chi connectivity index (χ2n) is 6.07. The van der Waals surface area contributed by atoms with Gasteiger partial charge < -0.3 is 14.5 Å². The Morgan fingerprint density at radius 2 is 1.93 bits per heavy atom. The second kappa shape index (κ2) is 7.63. The molecule has 0 radical (unpaired) electrons. The normalized spacial score (nSPS) is 10.9. The van der Waals surface area contributed by atoms with Gasteiger partial charge in [-0.15, -0.1) is 11.3 Å². The molecule has 0 fully saturated rings. The highest BCUT2D eigenvalue weighted by Crippen LogP contribution is 2.31. The molecular weight excluding hydrogens is 360 g/mol. The van der Waals surface area contributed by atoms with Gasteiger partial charge in [0.1, 0.15) is 12.4 Å². The molecule has 0 spiro atoms. The zero-order chi connectivity index (χ0) is 18.6. The van der Waals surface area contributed by atoms with Crippen LogP contribution in [0.4, 0.5) is 0 Å². The van der Waals surface area contributed by atoms with Crippen molar-refractivity contribution in [3.63, 3.8) is 0 Å². The first kappa shape index (κ1) is 17.3. The molecule has 6 heteroatoms. The molecule has 2 aromatic carbocycles. The Kier molecular flexibility index (Phi) is 4.89. The molecule has 5 nitrogen and oxygen atoms in total. The number of furan rings is 1. The minimum Gasteiger partial charge on any atom is -0.492 e. The maximum absolute atomic E-state index is 12.2. The summed E-state index contributed by atoms with van der Waals surface area (Å²) in [6.07, 6.45) is 0. The molecule has 136 valence electrons. The van der Waals surface area contributed by atoms with Crippen molar-refractivity contribution in [2.75, 3.05) is 13.2 Å². The third-order valence-corrected chi connectivity index (χ3v) is 5.06. The highest BCUT2D eigenvalue weighted by Gasteiger charge is 2.14. The van der Waals surface area contributed by atoms with E-state index in [0.29, 0.717) is 18.9 Å². The van der Waals surface area contributed by atoms with E-state index in [2.05, 4.69) is 10.3 Å². The molecule has 4 aromatic rings. The number of aromatic nitrogens is 1. The highest BCUT2D eigenvalue weighted by atomic mass is 32.1. The summed E-state index contributed by atoms with van der Waals surface area (Å²) in [4.78, 5) is 16.8. The molecule has 0 atom stereocenters. The largest absolute Gasteiger partial charge is 0.492 e. The standard InChI is InChI=1S/C21H18N2O3S/c1-14-6-8-15(9-7-14)25-13-12-22-20(24)17-10-11-18(26-17)21-23-16-4-2-3-5-19(16)27-21/h2-11H,12-13H2,1H3,(H,22,24). The lowest BCUT2D eigenvalue weighted by Crippen LogP contribution is -2.27. The molecule has 0 aliphatic rings. The maximum atomic E-state index is 12.2. The first-order valence-electron chi connectivity index (χ1n) is 8.62. The fourth-order valence-electron chi connectivity index (χ4n) is 2.61. The zero-order valence-electron chi connectivity index (χ0n) is 14.8. The van der Waals surface area contributed by atoms with Gasteiger partial charge in [0.15, 0.2) is 16.5 Å². The van der Waals surface area contributed by atoms with Crippen LogP contribution < -0.4 is 10.1 Å². The topological polar surface area (TPSA) is 64.4 Å². The molecule has 0 aliphatic heterocycles. The first-order valence-corrected chi connectivity index (χ1v) is 9.44. The van der Waals surface area contributed by atoms with Gasteiger partial charge in [0, 0.05) is 0 Å². The van der Waals surface area contributed by atoms with Crippen LogP contribution in [0.25, 0.3) is 21.0 Å². The van der Waals surface area contributed by atoms with Crippen LogP contribution in [0.3, 0.4) is 0 Å². The summed E-state index contributed by atoms with van der Waals surface area (Å²) < 4.78 is 12.4. The van der Waals surface area contributed by atoms with Gasteiger partial charge in [0.25, 0.3) is 5.91 Å². The summed E-state index contributed by atoms with van der Waals surface area (Å²) in [5.41, 5.74) is 2.10. The smallest absolute Gasteiger partial charge is 0.287 e. The average molecular weight is 378 g/mol. The van der Waals surface area contributed by atoms with E-state index in [1.807, 2.05) is 55.5 Å². The van der Waals surface area contributed by atoms with Crippen LogP contribution in [0.1, 0.15) is 16.1 Å². The summed E-state index contributed by atoms with van der Waals surface area (Å²) in [6.45, 7) is 2.81. The molecule has 1 amide bonds. The van der Waals surface area contributed by atoms with E-state index in [1.54, 1.807) is 12.1 Å². The van der Waals surface area contributed by atoms with Crippen molar-refractivity contribution in [1.82, 2.24) is 10.3 Å². The van der Waals surface area contributed by atoms with Crippen molar-refractivity contribution in [3.8, 4) is 16.5 Å². The first-order chi connectivity index (χ1) is 13.2. The Labute approximate surface area is 160 Å². The van der Waals surface area contributed by atoms with E-state index in [1.165, 1.54) is 16.9 Å². The number of benzene rings is 2. The van der Waals surface area contributed by atoms with Crippen molar-refractivity contribution in [3.05, 3.63) is 72.0 Å². The highest BCUT2D eigenvalue weighted by molar-refractivity contribution is 7.21. The molecule has 0 bridgehead atoms. The minimum atomic E-state index is -0.269. The number of hydrogen-bond acceptors (Lipinski definition) is 5. The van der Waals surface area contributed by atoms with E-state index in [-0.39, 0.29) is 11.7 Å². The SMILES string of the molecule is Cc1ccc(OCCNC(=O)c2ccc(-c3nc4ccccc4s3)o2)cc1. The molecule has 0 aliphatic carbocycles. The van der Waals surface area contributed by atoms with Crippen molar-refractivity contribution in [2.24, 2.45) is 0 Å². The fraction of sp³-hybridized carbons (Fsp3) is 0.143. The lowest BCUT2D eigenvalue weighted by Gasteiger charge is -2.07. The summed E-state index contributed by atoms with van der Waals surface area (Å²) in [5.74, 6) is 1.37. The molecule has 2 aromatic heterocycles. The van der Waals surface area contributed by atoms with Crippen LogP contribution in [0.15, 0.2) is 65.1 Å². The zero-order valence-corrected chi connectivity index (χ0v) is 15.6. The van der Waals surface area contributed by atoms with Crippen LogP contribution in [0.5, 0.6) is 5.75 Å². The number of para-hydroxylation sites is 1. The van der Waals surface area contributed by atoms with Crippen molar-refractivity contribution in [1.29, 1.82) is 0 Å². The summed E-state index contributed by atoms with van der Waals surface area (Å²) >= 11 is 1.54. The molecule has 27 heavy (non-hydrogen) atoms. The van der Waals surface area contributed by atoms with Crippen molar-refractivity contribution >= 4 is 27.5 Å². The monoisotopic (exact) mass is 378 g/mol. The Bertz CT molecular complexity index is 1030. The molecule has 0 unspecified atom stereocenters. The lowest BCUT2D eigenvalue weighted by atomic mass is 10.2. The fourth-order valence-corrected chi connectivity index (χ4v) is 3.53. The van der Waals surface area contributed by atoms with Crippen LogP contribution in [-0.4, -0.2) is 24.0 Å². The quantitative estimate of drug-likeness (QED) is 0.495. The van der Waals surface area contributed by atoms with E-state index in [0.717, 1.165) is 21.0 Å². The average Bonchev–Trinajstić information content (AvgIpc) is 3.33. The summed E-state index contributed by atoms with van der Waals surface area (Å²) in [7, 11) is 0. The molecule has 1 N–H and O–H groups in total. The number of carbonyl (C=O) groups excluding carboxylic acids is 1. The molecule has 4 rings (SSSR count). The number of amides is 1. The van der Waals surface area contributed by atoms with Crippen molar-refractivity contribution < 1.29 is 13.9 Å². The van der Waals surface area contributed by atoms with Gasteiger partial charge in [-0.1, -0.05) is 29.8 Å². The number of carbonyl (C=O) groups is 1. The maximum Gasteiger partial charge on any atom is 0.287 e. The number of rotatable bonds is 6. The number of thiazole rings is 1. The van der Waals surface area contributed by atoms with Gasteiger partial charge in [0.2, 0.25) is 0 Å². The summed E-state index contributed by atoms with van der Waals surface area (Å²) in [5, 5.41) is 3.56. The number of hydrogen-bond donors (Lipinski definition) is 1. The summed E-state index contributed by atoms with van der Waals surface area (Å²) in [6, 6.07) is 19.1. The van der Waals surface area contributed by atoms with Crippen LogP contribution in [0.2, 0.25) is 0 Å². The van der Waals surface area contributed by atoms with Gasteiger partial charge in [-0.3, -0.25) is 4.79 Å². The third kappa shape index (κ3) is 4.01. The number of ether oxygens (including phenoxy) is 1. The number of nitrogens with zero attached hydrogens (tertiary/aromatic N) is 1. The van der Waals surface area contributed by atoms with Gasteiger partial charge in [-0.2, -0.15) is 0 Å². The number of fused-ring (bicyclic) bond motifs is 1. The van der Waals surface area contributed by atoms with Gasteiger partial charge >= 0.3 is 0 Å². The van der Waals surface area contributed by atoms with Crippen LogP contribution in [-0.2, 0) is 0 Å². The van der Waals surface area contributed by atoms with Crippen LogP contribution in [0, 0.1) is 6.92 Å². The number of nitrogens with one attached hydrogen (secondary N) is 1. The second-order valence-corrected chi connectivity index (χ2v) is 7.10.